The minimum Gasteiger partial charge on any atom is -0.264 e. The van der Waals surface area contributed by atoms with Crippen LogP contribution in [0.4, 0.5) is 0 Å². The molecule has 0 aliphatic heterocycles. The van der Waals surface area contributed by atoms with E-state index in [0.717, 1.165) is 5.82 Å². The highest BCUT2D eigenvalue weighted by Gasteiger charge is 1.75. The second-order valence-corrected chi connectivity index (χ2v) is 1.07. The molecule has 0 spiro atoms. The van der Waals surface area contributed by atoms with Gasteiger partial charge >= 0.3 is 0 Å². The monoisotopic (exact) mass is 143 g/mol. The maximum absolute atomic E-state index is 3.75. The van der Waals surface area contributed by atoms with E-state index in [1.54, 1.807) is 0 Å². The van der Waals surface area contributed by atoms with Crippen molar-refractivity contribution < 1.29 is 0 Å². The van der Waals surface area contributed by atoms with Crippen LogP contribution in [0.5, 0.6) is 0 Å². The fraction of sp³-hybridized carbons (Fsp3) is 0.714. The molecule has 0 saturated heterocycles. The number of nitrogens with zero attached hydrogens (tertiary/aromatic N) is 2. The average molecular weight is 143 g/mol. The van der Waals surface area contributed by atoms with Crippen molar-refractivity contribution in [1.29, 1.82) is 0 Å². The maximum Gasteiger partial charge on any atom is 0.137 e. The molecule has 10 heavy (non-hydrogen) atoms. The van der Waals surface area contributed by atoms with Gasteiger partial charge in [-0.25, -0.2) is 4.98 Å². The van der Waals surface area contributed by atoms with Gasteiger partial charge in [0.15, 0.2) is 0 Å². The van der Waals surface area contributed by atoms with Crippen molar-refractivity contribution in [2.24, 2.45) is 0 Å². The summed E-state index contributed by atoms with van der Waals surface area (Å²) in [7, 11) is 0. The van der Waals surface area contributed by atoms with Gasteiger partial charge in [0.25, 0.3) is 0 Å². The van der Waals surface area contributed by atoms with Gasteiger partial charge in [0.2, 0.25) is 0 Å². The Morgan fingerprint density at radius 1 is 1.20 bits per heavy atom. The Kier molecular flexibility index (Phi) is 13.1. The zero-order valence-electron chi connectivity index (χ0n) is 7.47. The summed E-state index contributed by atoms with van der Waals surface area (Å²) in [5, 5.41) is 6.22. The molecular weight excluding hydrogens is 126 g/mol. The van der Waals surface area contributed by atoms with E-state index in [2.05, 4.69) is 15.2 Å². The predicted octanol–water partition coefficient (Wildman–Crippen LogP) is 2.17. The maximum atomic E-state index is 3.75. The Morgan fingerprint density at radius 3 is 1.80 bits per heavy atom. The minimum absolute atomic E-state index is 0.856. The number of aryl methyl sites for hydroxylation is 1. The number of aromatic nitrogens is 3. The molecular formula is C7H17N3. The summed E-state index contributed by atoms with van der Waals surface area (Å²) >= 11 is 0. The molecule has 3 nitrogen and oxygen atoms in total. The van der Waals surface area contributed by atoms with Crippen molar-refractivity contribution in [2.75, 3.05) is 0 Å². The van der Waals surface area contributed by atoms with Crippen LogP contribution in [0.2, 0.25) is 0 Å². The standard InChI is InChI=1S/C3H5N3.2C2H6/c1-3-4-2-5-6-3;2*1-2/h2H,1H3,(H,4,5,6);2*1-2H3. The number of H-pyrrole nitrogens is 1. The molecule has 0 amide bonds. The predicted molar refractivity (Wildman–Crippen MR) is 43.8 cm³/mol. The molecule has 0 aliphatic carbocycles. The van der Waals surface area contributed by atoms with E-state index in [9.17, 15) is 0 Å². The third-order valence-electron chi connectivity index (χ3n) is 0.535. The Labute approximate surface area is 62.9 Å². The van der Waals surface area contributed by atoms with Crippen molar-refractivity contribution >= 4 is 0 Å². The lowest BCUT2D eigenvalue weighted by molar-refractivity contribution is 1.04. The van der Waals surface area contributed by atoms with E-state index in [0.29, 0.717) is 0 Å². The van der Waals surface area contributed by atoms with E-state index in [-0.39, 0.29) is 0 Å². The van der Waals surface area contributed by atoms with Gasteiger partial charge in [-0.1, -0.05) is 27.7 Å². The number of hydrogen-bond acceptors (Lipinski definition) is 2. The van der Waals surface area contributed by atoms with Crippen LogP contribution in [0.15, 0.2) is 6.33 Å². The summed E-state index contributed by atoms with van der Waals surface area (Å²) in [4.78, 5) is 3.75. The molecule has 60 valence electrons. The van der Waals surface area contributed by atoms with E-state index < -0.39 is 0 Å². The van der Waals surface area contributed by atoms with Gasteiger partial charge in [0, 0.05) is 0 Å². The molecule has 3 heteroatoms. The Bertz CT molecular complexity index is 112. The van der Waals surface area contributed by atoms with Crippen LogP contribution >= 0.6 is 0 Å². The minimum atomic E-state index is 0.856. The SMILES string of the molecule is CC.CC.Cc1ncn[nH]1. The van der Waals surface area contributed by atoms with Crippen LogP contribution in [-0.2, 0) is 0 Å². The molecule has 1 aromatic rings. The molecule has 0 unspecified atom stereocenters. The first-order valence-electron chi connectivity index (χ1n) is 3.71. The molecule has 0 atom stereocenters. The third kappa shape index (κ3) is 7.14. The summed E-state index contributed by atoms with van der Waals surface area (Å²) in [6.45, 7) is 9.85. The average Bonchev–Trinajstić information content (AvgIpc) is 2.48. The van der Waals surface area contributed by atoms with Crippen LogP contribution in [0, 0.1) is 6.92 Å². The smallest absolute Gasteiger partial charge is 0.137 e. The van der Waals surface area contributed by atoms with Gasteiger partial charge in [0.05, 0.1) is 0 Å². The summed E-state index contributed by atoms with van der Waals surface area (Å²) < 4.78 is 0. The van der Waals surface area contributed by atoms with Crippen LogP contribution in [0.25, 0.3) is 0 Å². The number of rotatable bonds is 0. The van der Waals surface area contributed by atoms with Gasteiger partial charge in [-0.15, -0.1) is 0 Å². The molecule has 1 aromatic heterocycles. The van der Waals surface area contributed by atoms with Gasteiger partial charge in [0.1, 0.15) is 12.2 Å². The lowest BCUT2D eigenvalue weighted by Crippen LogP contribution is -1.68. The number of nitrogens with one attached hydrogen (secondary N) is 1. The van der Waals surface area contributed by atoms with Crippen molar-refractivity contribution in [3.63, 3.8) is 0 Å². The van der Waals surface area contributed by atoms with Crippen molar-refractivity contribution in [1.82, 2.24) is 15.2 Å². The highest BCUT2D eigenvalue weighted by Crippen LogP contribution is 1.73. The Morgan fingerprint density at radius 2 is 1.70 bits per heavy atom. The van der Waals surface area contributed by atoms with Crippen molar-refractivity contribution in [2.45, 2.75) is 34.6 Å². The number of hydrogen-bond donors (Lipinski definition) is 1. The highest BCUT2D eigenvalue weighted by molar-refractivity contribution is 4.70. The van der Waals surface area contributed by atoms with E-state index in [4.69, 9.17) is 0 Å². The fourth-order valence-corrected chi connectivity index (χ4v) is 0.267. The van der Waals surface area contributed by atoms with Crippen molar-refractivity contribution in [3.05, 3.63) is 12.2 Å². The second kappa shape index (κ2) is 11.0. The summed E-state index contributed by atoms with van der Waals surface area (Å²) in [5.41, 5.74) is 0. The zero-order valence-corrected chi connectivity index (χ0v) is 7.47. The third-order valence-corrected chi connectivity index (χ3v) is 0.535. The van der Waals surface area contributed by atoms with Gasteiger partial charge in [-0.2, -0.15) is 5.10 Å². The summed E-state index contributed by atoms with van der Waals surface area (Å²) in [5.74, 6) is 0.856. The largest absolute Gasteiger partial charge is 0.264 e. The molecule has 1 N–H and O–H groups in total. The molecule has 0 saturated carbocycles. The Hall–Kier alpha value is -0.860. The molecule has 0 aliphatic rings. The topological polar surface area (TPSA) is 41.6 Å². The highest BCUT2D eigenvalue weighted by atomic mass is 15.2. The van der Waals surface area contributed by atoms with Gasteiger partial charge in [-0.05, 0) is 6.92 Å². The van der Waals surface area contributed by atoms with E-state index in [1.807, 2.05) is 34.6 Å². The van der Waals surface area contributed by atoms with E-state index >= 15 is 0 Å². The quantitative estimate of drug-likeness (QED) is 0.604. The molecule has 0 fully saturated rings. The molecule has 1 heterocycles. The Balaban J connectivity index is 0. The molecule has 0 radical (unpaired) electrons. The van der Waals surface area contributed by atoms with Crippen molar-refractivity contribution in [3.8, 4) is 0 Å². The first-order chi connectivity index (χ1) is 4.89. The zero-order chi connectivity index (χ0) is 8.41. The summed E-state index contributed by atoms with van der Waals surface area (Å²) in [6.07, 6.45) is 1.48. The van der Waals surface area contributed by atoms with Gasteiger partial charge < -0.3 is 0 Å². The fourth-order valence-electron chi connectivity index (χ4n) is 0.267. The second-order valence-electron chi connectivity index (χ2n) is 1.07. The van der Waals surface area contributed by atoms with Crippen LogP contribution in [0.1, 0.15) is 33.5 Å². The van der Waals surface area contributed by atoms with Crippen LogP contribution < -0.4 is 0 Å². The van der Waals surface area contributed by atoms with Crippen LogP contribution in [-0.4, -0.2) is 15.2 Å². The molecule has 0 bridgehead atoms. The van der Waals surface area contributed by atoms with Crippen LogP contribution in [0.3, 0.4) is 0 Å². The number of aromatic amines is 1. The summed E-state index contributed by atoms with van der Waals surface area (Å²) in [6, 6.07) is 0. The first kappa shape index (κ1) is 11.9. The lowest BCUT2D eigenvalue weighted by atomic mass is 10.8. The van der Waals surface area contributed by atoms with Gasteiger partial charge in [-0.3, -0.25) is 5.10 Å². The molecule has 1 rings (SSSR count). The first-order valence-corrected chi connectivity index (χ1v) is 3.71. The normalized spacial score (nSPS) is 6.50. The lowest BCUT2D eigenvalue weighted by Gasteiger charge is -1.66. The van der Waals surface area contributed by atoms with E-state index in [1.165, 1.54) is 6.33 Å². The molecule has 0 aromatic carbocycles.